The second-order valence-corrected chi connectivity index (χ2v) is 31.7. The molecule has 0 rings (SSSR count). The summed E-state index contributed by atoms with van der Waals surface area (Å²) in [5.41, 5.74) is 0. The van der Waals surface area contributed by atoms with Crippen LogP contribution in [-0.4, -0.2) is 96.7 Å². The Hall–Kier alpha value is -1.94. The maximum Gasteiger partial charge on any atom is 0.472 e. The molecule has 0 amide bonds. The first-order chi connectivity index (χ1) is 45.7. The molecule has 2 unspecified atom stereocenters. The Morgan fingerprint density at radius 3 is 0.716 bits per heavy atom. The van der Waals surface area contributed by atoms with Gasteiger partial charge in [-0.05, 0) is 43.4 Å². The second kappa shape index (κ2) is 66.6. The second-order valence-electron chi connectivity index (χ2n) is 28.8. The summed E-state index contributed by atoms with van der Waals surface area (Å²) in [4.78, 5) is 72.8. The van der Waals surface area contributed by atoms with Gasteiger partial charge in [0.15, 0.2) is 12.2 Å². The minimum absolute atomic E-state index is 0.105. The van der Waals surface area contributed by atoms with Crippen molar-refractivity contribution in [1.82, 2.24) is 0 Å². The summed E-state index contributed by atoms with van der Waals surface area (Å²) < 4.78 is 68.5. The van der Waals surface area contributed by atoms with Crippen molar-refractivity contribution in [3.8, 4) is 0 Å². The average Bonchev–Trinajstić information content (AvgIpc) is 1.47. The predicted octanol–water partition coefficient (Wildman–Crippen LogP) is 22.2. The first kappa shape index (κ1) is 93.1. The first-order valence-corrected chi connectivity index (χ1v) is 42.3. The third-order valence-electron chi connectivity index (χ3n) is 17.6. The Balaban J connectivity index is 5.23. The van der Waals surface area contributed by atoms with Crippen molar-refractivity contribution in [3.05, 3.63) is 0 Å². The summed E-state index contributed by atoms with van der Waals surface area (Å²) in [5.74, 6) is 0.193. The Morgan fingerprint density at radius 1 is 0.284 bits per heavy atom. The van der Waals surface area contributed by atoms with Crippen molar-refractivity contribution < 1.29 is 80.2 Å². The third-order valence-corrected chi connectivity index (χ3v) is 19.5. The maximum absolute atomic E-state index is 13.1. The van der Waals surface area contributed by atoms with Crippen LogP contribution in [0.1, 0.15) is 389 Å². The zero-order valence-corrected chi connectivity index (χ0v) is 63.9. The molecule has 0 fully saturated rings. The van der Waals surface area contributed by atoms with Crippen molar-refractivity contribution in [2.75, 3.05) is 39.6 Å². The Labute approximate surface area is 581 Å². The highest BCUT2D eigenvalue weighted by molar-refractivity contribution is 7.47. The Kier molecular flexibility index (Phi) is 65.2. The van der Waals surface area contributed by atoms with Crippen molar-refractivity contribution >= 4 is 39.5 Å². The molecular formula is C76H148O17P2. The van der Waals surface area contributed by atoms with Crippen molar-refractivity contribution in [2.24, 2.45) is 17.8 Å². The number of hydrogen-bond acceptors (Lipinski definition) is 15. The lowest BCUT2D eigenvalue weighted by Gasteiger charge is -2.21. The van der Waals surface area contributed by atoms with Crippen LogP contribution in [0.3, 0.4) is 0 Å². The van der Waals surface area contributed by atoms with E-state index in [9.17, 15) is 43.2 Å². The molecule has 0 heterocycles. The van der Waals surface area contributed by atoms with Gasteiger partial charge in [-0.1, -0.05) is 337 Å². The monoisotopic (exact) mass is 1400 g/mol. The van der Waals surface area contributed by atoms with E-state index in [-0.39, 0.29) is 25.7 Å². The van der Waals surface area contributed by atoms with Gasteiger partial charge in [-0.3, -0.25) is 37.3 Å². The van der Waals surface area contributed by atoms with Crippen molar-refractivity contribution in [3.63, 3.8) is 0 Å². The molecule has 0 aliphatic heterocycles. The summed E-state index contributed by atoms with van der Waals surface area (Å²) >= 11 is 0. The molecule has 0 aromatic carbocycles. The predicted molar refractivity (Wildman–Crippen MR) is 386 cm³/mol. The molecule has 0 aliphatic carbocycles. The molecule has 0 aromatic rings. The number of ether oxygens (including phenoxy) is 4. The molecule has 3 N–H and O–H groups in total. The fourth-order valence-corrected chi connectivity index (χ4v) is 13.2. The van der Waals surface area contributed by atoms with Gasteiger partial charge in [0.25, 0.3) is 0 Å². The van der Waals surface area contributed by atoms with Gasteiger partial charge in [0.05, 0.1) is 26.4 Å². The van der Waals surface area contributed by atoms with E-state index in [1.54, 1.807) is 0 Å². The molecule has 17 nitrogen and oxygen atoms in total. The number of aliphatic hydroxyl groups excluding tert-OH is 1. The number of carbonyl (C=O) groups is 4. The van der Waals surface area contributed by atoms with Crippen molar-refractivity contribution in [2.45, 2.75) is 407 Å². The van der Waals surface area contributed by atoms with E-state index >= 15 is 0 Å². The van der Waals surface area contributed by atoms with Crippen LogP contribution in [-0.2, 0) is 65.4 Å². The number of hydrogen-bond donors (Lipinski definition) is 3. The number of esters is 4. The first-order valence-electron chi connectivity index (χ1n) is 39.3. The normalized spacial score (nSPS) is 14.1. The van der Waals surface area contributed by atoms with Crippen LogP contribution in [0.5, 0.6) is 0 Å². The molecule has 5 atom stereocenters. The van der Waals surface area contributed by atoms with E-state index in [1.807, 2.05) is 0 Å². The minimum Gasteiger partial charge on any atom is -0.462 e. The fraction of sp³-hybridized carbons (Fsp3) is 0.947. The number of rotatable bonds is 74. The molecule has 0 saturated carbocycles. The number of phosphoric acid groups is 2. The Morgan fingerprint density at radius 2 is 0.484 bits per heavy atom. The van der Waals surface area contributed by atoms with Gasteiger partial charge < -0.3 is 33.8 Å². The number of phosphoric ester groups is 2. The van der Waals surface area contributed by atoms with Crippen LogP contribution in [0.15, 0.2) is 0 Å². The van der Waals surface area contributed by atoms with Gasteiger partial charge in [0.1, 0.15) is 19.3 Å². The number of unbranched alkanes of at least 4 members (excludes halogenated alkanes) is 42. The molecule has 0 radical (unpaired) electrons. The molecule has 0 aliphatic rings. The van der Waals surface area contributed by atoms with Crippen LogP contribution in [0.2, 0.25) is 0 Å². The van der Waals surface area contributed by atoms with Crippen LogP contribution in [0.25, 0.3) is 0 Å². The average molecular weight is 1400 g/mol. The van der Waals surface area contributed by atoms with Gasteiger partial charge in [0, 0.05) is 25.7 Å². The topological polar surface area (TPSA) is 237 Å². The van der Waals surface area contributed by atoms with E-state index in [0.717, 1.165) is 108 Å². The summed E-state index contributed by atoms with van der Waals surface area (Å²) in [7, 11) is -9.91. The third kappa shape index (κ3) is 70.3. The summed E-state index contributed by atoms with van der Waals surface area (Å²) in [6.07, 6.45) is 52.7. The standard InChI is InChI=1S/C76H148O17P2/c1-8-9-10-11-12-13-28-36-43-50-57-73(78)86-64-72(93-76(81)60-53-46-39-32-31-35-42-49-56-69(6)7)66-91-95(84,85)89-62-70(77)61-88-94(82,83)90-65-71(63-87-74(79)58-51-44-37-29-24-21-17-19-23-27-34-41-48-55-68(4)5)92-75(80)59-52-45-38-30-25-20-16-14-15-18-22-26-33-40-47-54-67(2)3/h67-72,77H,8-66H2,1-7H3,(H,82,83)(H,84,85)/t70-,71-,72-/m1/s1. The molecular weight excluding hydrogens is 1250 g/mol. The minimum atomic E-state index is -4.96. The van der Waals surface area contributed by atoms with E-state index in [1.165, 1.54) is 199 Å². The van der Waals surface area contributed by atoms with Gasteiger partial charge in [0.2, 0.25) is 0 Å². The molecule has 95 heavy (non-hydrogen) atoms. The Bertz CT molecular complexity index is 1850. The van der Waals surface area contributed by atoms with E-state index < -0.39 is 97.5 Å². The van der Waals surface area contributed by atoms with Gasteiger partial charge in [-0.15, -0.1) is 0 Å². The highest BCUT2D eigenvalue weighted by Gasteiger charge is 2.30. The molecule has 19 heteroatoms. The van der Waals surface area contributed by atoms with E-state index in [2.05, 4.69) is 48.5 Å². The van der Waals surface area contributed by atoms with Crippen LogP contribution in [0.4, 0.5) is 0 Å². The van der Waals surface area contributed by atoms with E-state index in [0.29, 0.717) is 25.7 Å². The number of aliphatic hydroxyl groups is 1. The molecule has 564 valence electrons. The van der Waals surface area contributed by atoms with Gasteiger partial charge in [-0.2, -0.15) is 0 Å². The van der Waals surface area contributed by atoms with Crippen LogP contribution >= 0.6 is 15.6 Å². The molecule has 0 saturated heterocycles. The highest BCUT2D eigenvalue weighted by Crippen LogP contribution is 2.45. The molecule has 0 spiro atoms. The van der Waals surface area contributed by atoms with Crippen molar-refractivity contribution in [1.29, 1.82) is 0 Å². The van der Waals surface area contributed by atoms with Gasteiger partial charge in [-0.25, -0.2) is 9.13 Å². The maximum atomic E-state index is 13.1. The smallest absolute Gasteiger partial charge is 0.462 e. The summed E-state index contributed by atoms with van der Waals surface area (Å²) in [6, 6.07) is 0. The highest BCUT2D eigenvalue weighted by atomic mass is 31.2. The lowest BCUT2D eigenvalue weighted by Crippen LogP contribution is -2.30. The molecule has 0 aromatic heterocycles. The largest absolute Gasteiger partial charge is 0.472 e. The zero-order valence-electron chi connectivity index (χ0n) is 62.1. The lowest BCUT2D eigenvalue weighted by atomic mass is 10.0. The van der Waals surface area contributed by atoms with Gasteiger partial charge >= 0.3 is 39.5 Å². The molecule has 0 bridgehead atoms. The SMILES string of the molecule is CCCCCCCCCCCCC(=O)OC[C@H](COP(=O)(O)OC[C@H](O)COP(=O)(O)OC[C@@H](COC(=O)CCCCCCCCCCCCCCCC(C)C)OC(=O)CCCCCCCCCCCCCCCCCC(C)C)OC(=O)CCCCCCCCCCC(C)C. The van der Waals surface area contributed by atoms with Crippen LogP contribution in [0, 0.1) is 17.8 Å². The van der Waals surface area contributed by atoms with E-state index in [4.69, 9.17) is 37.0 Å². The summed E-state index contributed by atoms with van der Waals surface area (Å²) in [6.45, 7) is 11.9. The fourth-order valence-electron chi connectivity index (χ4n) is 11.6. The lowest BCUT2D eigenvalue weighted by molar-refractivity contribution is -0.161. The quantitative estimate of drug-likeness (QED) is 0.0222. The summed E-state index contributed by atoms with van der Waals surface area (Å²) in [5, 5.41) is 10.6. The number of carbonyl (C=O) groups excluding carboxylic acids is 4. The zero-order chi connectivity index (χ0) is 70.1. The van der Waals surface area contributed by atoms with Crippen LogP contribution < -0.4 is 0 Å².